The number of ether oxygens (including phenoxy) is 2. The molecule has 6 heteroatoms. The predicted octanol–water partition coefficient (Wildman–Crippen LogP) is 2.67. The lowest BCUT2D eigenvalue weighted by molar-refractivity contribution is -0.153. The topological polar surface area (TPSA) is 67.9 Å². The standard InChI is InChI=1S/C23H28N2O4/c1-24-22(27)23(15-18-8-6-11-20(14-18)28-2)16-25(17-23)21(26)12-7-13-29-19-9-4-3-5-10-19/h3-6,8-11,14H,7,12-13,15-17H2,1-2H3,(H,24,27). The maximum atomic E-state index is 12.6. The van der Waals surface area contributed by atoms with Crippen molar-refractivity contribution in [2.45, 2.75) is 19.3 Å². The lowest BCUT2D eigenvalue weighted by atomic mass is 9.73. The Bertz CT molecular complexity index is 832. The number of carbonyl (C=O) groups excluding carboxylic acids is 2. The van der Waals surface area contributed by atoms with Gasteiger partial charge in [-0.2, -0.15) is 0 Å². The van der Waals surface area contributed by atoms with Crippen molar-refractivity contribution in [1.29, 1.82) is 0 Å². The number of nitrogens with zero attached hydrogens (tertiary/aromatic N) is 1. The minimum Gasteiger partial charge on any atom is -0.497 e. The first-order chi connectivity index (χ1) is 14.1. The highest BCUT2D eigenvalue weighted by Crippen LogP contribution is 2.35. The Labute approximate surface area is 171 Å². The van der Waals surface area contributed by atoms with Gasteiger partial charge in [-0.25, -0.2) is 0 Å². The van der Waals surface area contributed by atoms with Crippen molar-refractivity contribution >= 4 is 11.8 Å². The number of methoxy groups -OCH3 is 1. The van der Waals surface area contributed by atoms with Crippen LogP contribution < -0.4 is 14.8 Å². The molecule has 6 nitrogen and oxygen atoms in total. The summed E-state index contributed by atoms with van der Waals surface area (Å²) < 4.78 is 10.9. The summed E-state index contributed by atoms with van der Waals surface area (Å²) in [5.41, 5.74) is 0.438. The number of rotatable bonds is 9. The van der Waals surface area contributed by atoms with Crippen LogP contribution in [0, 0.1) is 5.41 Å². The van der Waals surface area contributed by atoms with Gasteiger partial charge >= 0.3 is 0 Å². The molecule has 1 aliphatic rings. The molecule has 0 saturated carbocycles. The van der Waals surface area contributed by atoms with Gasteiger partial charge in [0.15, 0.2) is 0 Å². The zero-order valence-electron chi connectivity index (χ0n) is 17.0. The van der Waals surface area contributed by atoms with E-state index in [2.05, 4.69) is 5.32 Å². The Morgan fingerprint density at radius 1 is 1.07 bits per heavy atom. The van der Waals surface area contributed by atoms with Gasteiger partial charge in [0.05, 0.1) is 19.1 Å². The number of carbonyl (C=O) groups is 2. The molecule has 1 N–H and O–H groups in total. The molecular weight excluding hydrogens is 368 g/mol. The summed E-state index contributed by atoms with van der Waals surface area (Å²) in [5, 5.41) is 2.76. The second kappa shape index (κ2) is 9.45. The van der Waals surface area contributed by atoms with Gasteiger partial charge < -0.3 is 19.7 Å². The fraction of sp³-hybridized carbons (Fsp3) is 0.391. The van der Waals surface area contributed by atoms with E-state index in [1.807, 2.05) is 54.6 Å². The van der Waals surface area contributed by atoms with Crippen LogP contribution >= 0.6 is 0 Å². The number of para-hydroxylation sites is 1. The molecule has 0 aliphatic carbocycles. The molecule has 0 unspecified atom stereocenters. The van der Waals surface area contributed by atoms with E-state index in [1.165, 1.54) is 0 Å². The first-order valence-electron chi connectivity index (χ1n) is 9.87. The van der Waals surface area contributed by atoms with E-state index >= 15 is 0 Å². The van der Waals surface area contributed by atoms with Gasteiger partial charge in [0.25, 0.3) is 0 Å². The van der Waals surface area contributed by atoms with E-state index < -0.39 is 5.41 Å². The number of nitrogens with one attached hydrogen (secondary N) is 1. The summed E-state index contributed by atoms with van der Waals surface area (Å²) in [5.74, 6) is 1.60. The number of benzene rings is 2. The molecule has 2 amide bonds. The van der Waals surface area contributed by atoms with Crippen LogP contribution in [0.4, 0.5) is 0 Å². The smallest absolute Gasteiger partial charge is 0.229 e. The molecular formula is C23H28N2O4. The second-order valence-electron chi connectivity index (χ2n) is 7.40. The lowest BCUT2D eigenvalue weighted by Gasteiger charge is -2.49. The molecule has 1 fully saturated rings. The fourth-order valence-corrected chi connectivity index (χ4v) is 3.72. The molecule has 1 aliphatic heterocycles. The van der Waals surface area contributed by atoms with Crippen LogP contribution in [0.3, 0.4) is 0 Å². The summed E-state index contributed by atoms with van der Waals surface area (Å²) in [6.45, 7) is 1.36. The van der Waals surface area contributed by atoms with Gasteiger partial charge in [0, 0.05) is 26.6 Å². The Kier molecular flexibility index (Phi) is 6.75. The van der Waals surface area contributed by atoms with Gasteiger partial charge in [0.2, 0.25) is 11.8 Å². The number of hydrogen-bond donors (Lipinski definition) is 1. The maximum absolute atomic E-state index is 12.6. The Hall–Kier alpha value is -3.02. The van der Waals surface area contributed by atoms with E-state index in [4.69, 9.17) is 9.47 Å². The van der Waals surface area contributed by atoms with Gasteiger partial charge in [-0.3, -0.25) is 9.59 Å². The minimum absolute atomic E-state index is 0.0308. The molecule has 1 saturated heterocycles. The van der Waals surface area contributed by atoms with E-state index in [0.717, 1.165) is 17.1 Å². The van der Waals surface area contributed by atoms with Crippen LogP contribution in [0.1, 0.15) is 18.4 Å². The normalized spacial score (nSPS) is 14.6. The van der Waals surface area contributed by atoms with Crippen molar-refractivity contribution in [2.75, 3.05) is 33.9 Å². The Balaban J connectivity index is 1.51. The number of amides is 2. The molecule has 3 rings (SSSR count). The van der Waals surface area contributed by atoms with Crippen molar-refractivity contribution in [3.63, 3.8) is 0 Å². The van der Waals surface area contributed by atoms with Crippen LogP contribution in [0.25, 0.3) is 0 Å². The van der Waals surface area contributed by atoms with Crippen LogP contribution in [0.2, 0.25) is 0 Å². The monoisotopic (exact) mass is 396 g/mol. The molecule has 2 aromatic rings. The first kappa shape index (κ1) is 20.7. The van der Waals surface area contributed by atoms with Crippen molar-refractivity contribution in [1.82, 2.24) is 10.2 Å². The van der Waals surface area contributed by atoms with Crippen molar-refractivity contribution in [2.24, 2.45) is 5.41 Å². The van der Waals surface area contributed by atoms with Gasteiger partial charge in [-0.1, -0.05) is 30.3 Å². The molecule has 2 aromatic carbocycles. The molecule has 1 heterocycles. The van der Waals surface area contributed by atoms with E-state index in [-0.39, 0.29) is 11.8 Å². The summed E-state index contributed by atoms with van der Waals surface area (Å²) in [4.78, 5) is 26.8. The molecule has 154 valence electrons. The highest BCUT2D eigenvalue weighted by Gasteiger charge is 2.50. The molecule has 0 aromatic heterocycles. The molecule has 0 spiro atoms. The lowest BCUT2D eigenvalue weighted by Crippen LogP contribution is -2.65. The average Bonchev–Trinajstić information content (AvgIpc) is 2.73. The van der Waals surface area contributed by atoms with Crippen LogP contribution in [-0.4, -0.2) is 50.6 Å². The predicted molar refractivity (Wildman–Crippen MR) is 111 cm³/mol. The highest BCUT2D eigenvalue weighted by atomic mass is 16.5. The number of likely N-dealkylation sites (tertiary alicyclic amines) is 1. The van der Waals surface area contributed by atoms with Crippen LogP contribution in [0.15, 0.2) is 54.6 Å². The van der Waals surface area contributed by atoms with Crippen molar-refractivity contribution < 1.29 is 19.1 Å². The maximum Gasteiger partial charge on any atom is 0.229 e. The van der Waals surface area contributed by atoms with E-state index in [0.29, 0.717) is 39.0 Å². The molecule has 0 bridgehead atoms. The summed E-state index contributed by atoms with van der Waals surface area (Å²) >= 11 is 0. The minimum atomic E-state index is -0.586. The highest BCUT2D eigenvalue weighted by molar-refractivity contribution is 5.88. The second-order valence-corrected chi connectivity index (χ2v) is 7.40. The fourth-order valence-electron chi connectivity index (χ4n) is 3.72. The van der Waals surface area contributed by atoms with E-state index in [1.54, 1.807) is 19.1 Å². The quantitative estimate of drug-likeness (QED) is 0.662. The first-order valence-corrected chi connectivity index (χ1v) is 9.87. The van der Waals surface area contributed by atoms with E-state index in [9.17, 15) is 9.59 Å². The zero-order chi connectivity index (χ0) is 20.7. The summed E-state index contributed by atoms with van der Waals surface area (Å²) in [6, 6.07) is 17.3. The van der Waals surface area contributed by atoms with Gasteiger partial charge in [-0.05, 0) is 42.7 Å². The molecule has 0 radical (unpaired) electrons. The average molecular weight is 396 g/mol. The van der Waals surface area contributed by atoms with Gasteiger partial charge in [0.1, 0.15) is 11.5 Å². The van der Waals surface area contributed by atoms with Crippen molar-refractivity contribution in [3.05, 3.63) is 60.2 Å². The molecule has 0 atom stereocenters. The van der Waals surface area contributed by atoms with Crippen LogP contribution in [-0.2, 0) is 16.0 Å². The van der Waals surface area contributed by atoms with Crippen LogP contribution in [0.5, 0.6) is 11.5 Å². The summed E-state index contributed by atoms with van der Waals surface area (Å²) in [6.07, 6.45) is 1.63. The third-order valence-corrected chi connectivity index (χ3v) is 5.27. The zero-order valence-corrected chi connectivity index (χ0v) is 17.0. The summed E-state index contributed by atoms with van der Waals surface area (Å²) in [7, 11) is 3.26. The third-order valence-electron chi connectivity index (χ3n) is 5.27. The largest absolute Gasteiger partial charge is 0.497 e. The Morgan fingerprint density at radius 2 is 1.79 bits per heavy atom. The SMILES string of the molecule is CNC(=O)C1(Cc2cccc(OC)c2)CN(C(=O)CCCOc2ccccc2)C1. The molecule has 29 heavy (non-hydrogen) atoms. The van der Waals surface area contributed by atoms with Gasteiger partial charge in [-0.15, -0.1) is 0 Å². The number of hydrogen-bond acceptors (Lipinski definition) is 4. The third kappa shape index (κ3) is 5.08. The Morgan fingerprint density at radius 3 is 2.48 bits per heavy atom. The van der Waals surface area contributed by atoms with Crippen molar-refractivity contribution in [3.8, 4) is 11.5 Å².